The lowest BCUT2D eigenvalue weighted by molar-refractivity contribution is 0.103. The van der Waals surface area contributed by atoms with Crippen LogP contribution in [-0.2, 0) is 0 Å². The maximum atomic E-state index is 12.2. The first kappa shape index (κ1) is 13.3. The van der Waals surface area contributed by atoms with E-state index in [4.69, 9.17) is 4.74 Å². The predicted octanol–water partition coefficient (Wildman–Crippen LogP) is 3.41. The standard InChI is InChI=1S/C16H17NO2/c1-3-10-19-14-7-5-13(6-8-14)16(18)15-9-4-12(2)11-17-15/h4-9,11H,3,10H2,1-2H3. The summed E-state index contributed by atoms with van der Waals surface area (Å²) in [5.41, 5.74) is 2.13. The Morgan fingerprint density at radius 2 is 1.89 bits per heavy atom. The van der Waals surface area contributed by atoms with Gasteiger partial charge in [0.2, 0.25) is 5.78 Å². The summed E-state index contributed by atoms with van der Waals surface area (Å²) in [4.78, 5) is 16.3. The van der Waals surface area contributed by atoms with Crippen molar-refractivity contribution >= 4 is 5.78 Å². The fraction of sp³-hybridized carbons (Fsp3) is 0.250. The van der Waals surface area contributed by atoms with E-state index in [0.717, 1.165) is 17.7 Å². The molecule has 3 nitrogen and oxygen atoms in total. The maximum absolute atomic E-state index is 12.2. The number of ketones is 1. The molecule has 2 rings (SSSR count). The number of rotatable bonds is 5. The van der Waals surface area contributed by atoms with Gasteiger partial charge >= 0.3 is 0 Å². The third-order valence-corrected chi connectivity index (χ3v) is 2.73. The topological polar surface area (TPSA) is 39.2 Å². The number of ether oxygens (including phenoxy) is 1. The monoisotopic (exact) mass is 255 g/mol. The number of hydrogen-bond acceptors (Lipinski definition) is 3. The van der Waals surface area contributed by atoms with Gasteiger partial charge in [-0.3, -0.25) is 9.78 Å². The van der Waals surface area contributed by atoms with Crippen molar-refractivity contribution in [1.29, 1.82) is 0 Å². The van der Waals surface area contributed by atoms with E-state index in [1.807, 2.05) is 25.1 Å². The van der Waals surface area contributed by atoms with Gasteiger partial charge in [-0.05, 0) is 49.2 Å². The van der Waals surface area contributed by atoms with Gasteiger partial charge in [0.05, 0.1) is 6.61 Å². The number of carbonyl (C=O) groups excluding carboxylic acids is 1. The average molecular weight is 255 g/mol. The summed E-state index contributed by atoms with van der Waals surface area (Å²) in [7, 11) is 0. The second-order valence-corrected chi connectivity index (χ2v) is 4.42. The predicted molar refractivity (Wildman–Crippen MR) is 74.6 cm³/mol. The van der Waals surface area contributed by atoms with Gasteiger partial charge in [-0.25, -0.2) is 0 Å². The van der Waals surface area contributed by atoms with Gasteiger partial charge in [-0.1, -0.05) is 13.0 Å². The van der Waals surface area contributed by atoms with Crippen molar-refractivity contribution in [2.24, 2.45) is 0 Å². The highest BCUT2D eigenvalue weighted by Gasteiger charge is 2.10. The lowest BCUT2D eigenvalue weighted by Gasteiger charge is -2.05. The molecule has 0 atom stereocenters. The van der Waals surface area contributed by atoms with E-state index in [1.165, 1.54) is 0 Å². The third-order valence-electron chi connectivity index (χ3n) is 2.73. The molecule has 2 aromatic rings. The number of aryl methyl sites for hydroxylation is 1. The molecule has 1 aromatic heterocycles. The Morgan fingerprint density at radius 1 is 1.16 bits per heavy atom. The first-order valence-electron chi connectivity index (χ1n) is 6.41. The van der Waals surface area contributed by atoms with Crippen LogP contribution >= 0.6 is 0 Å². The van der Waals surface area contributed by atoms with E-state index >= 15 is 0 Å². The number of pyridine rings is 1. The molecule has 19 heavy (non-hydrogen) atoms. The lowest BCUT2D eigenvalue weighted by atomic mass is 10.1. The highest BCUT2D eigenvalue weighted by molar-refractivity contribution is 6.07. The molecule has 0 spiro atoms. The summed E-state index contributed by atoms with van der Waals surface area (Å²) in [6.07, 6.45) is 2.67. The fourth-order valence-electron chi connectivity index (χ4n) is 1.67. The van der Waals surface area contributed by atoms with Crippen LogP contribution in [0.1, 0.15) is 35.0 Å². The zero-order valence-electron chi connectivity index (χ0n) is 11.2. The second kappa shape index (κ2) is 6.14. The van der Waals surface area contributed by atoms with Crippen LogP contribution in [0.5, 0.6) is 5.75 Å². The largest absolute Gasteiger partial charge is 0.494 e. The van der Waals surface area contributed by atoms with Crippen LogP contribution in [0.25, 0.3) is 0 Å². The van der Waals surface area contributed by atoms with Crippen molar-refractivity contribution in [1.82, 2.24) is 4.98 Å². The number of carbonyl (C=O) groups is 1. The van der Waals surface area contributed by atoms with Gasteiger partial charge in [-0.2, -0.15) is 0 Å². The summed E-state index contributed by atoms with van der Waals surface area (Å²) in [6, 6.07) is 10.8. The molecule has 0 aliphatic carbocycles. The lowest BCUT2D eigenvalue weighted by Crippen LogP contribution is -2.04. The highest BCUT2D eigenvalue weighted by Crippen LogP contribution is 2.15. The SMILES string of the molecule is CCCOc1ccc(C(=O)c2ccc(C)cn2)cc1. The second-order valence-electron chi connectivity index (χ2n) is 4.42. The van der Waals surface area contributed by atoms with E-state index in [9.17, 15) is 4.79 Å². The minimum Gasteiger partial charge on any atom is -0.494 e. The number of benzene rings is 1. The van der Waals surface area contributed by atoms with Gasteiger partial charge in [-0.15, -0.1) is 0 Å². The average Bonchev–Trinajstić information content (AvgIpc) is 2.46. The van der Waals surface area contributed by atoms with Crippen LogP contribution in [0, 0.1) is 6.92 Å². The van der Waals surface area contributed by atoms with Gasteiger partial charge in [0.1, 0.15) is 11.4 Å². The fourth-order valence-corrected chi connectivity index (χ4v) is 1.67. The van der Waals surface area contributed by atoms with Crippen molar-refractivity contribution < 1.29 is 9.53 Å². The third kappa shape index (κ3) is 3.41. The smallest absolute Gasteiger partial charge is 0.211 e. The normalized spacial score (nSPS) is 10.2. The van der Waals surface area contributed by atoms with Crippen LogP contribution < -0.4 is 4.74 Å². The van der Waals surface area contributed by atoms with Crippen LogP contribution in [-0.4, -0.2) is 17.4 Å². The molecule has 0 saturated carbocycles. The summed E-state index contributed by atoms with van der Waals surface area (Å²) < 4.78 is 5.48. The van der Waals surface area contributed by atoms with Crippen molar-refractivity contribution in [2.45, 2.75) is 20.3 Å². The maximum Gasteiger partial charge on any atom is 0.211 e. The molecular formula is C16H17NO2. The molecule has 0 saturated heterocycles. The Hall–Kier alpha value is -2.16. The van der Waals surface area contributed by atoms with Gasteiger partial charge in [0.15, 0.2) is 0 Å². The van der Waals surface area contributed by atoms with Crippen LogP contribution in [0.15, 0.2) is 42.6 Å². The van der Waals surface area contributed by atoms with Crippen LogP contribution in [0.4, 0.5) is 0 Å². The molecule has 0 unspecified atom stereocenters. The molecule has 0 radical (unpaired) electrons. The molecule has 0 aliphatic rings. The first-order valence-corrected chi connectivity index (χ1v) is 6.41. The molecule has 1 heterocycles. The molecular weight excluding hydrogens is 238 g/mol. The number of hydrogen-bond donors (Lipinski definition) is 0. The molecule has 98 valence electrons. The van der Waals surface area contributed by atoms with E-state index < -0.39 is 0 Å². The van der Waals surface area contributed by atoms with Crippen molar-refractivity contribution in [3.63, 3.8) is 0 Å². The molecule has 0 fully saturated rings. The van der Waals surface area contributed by atoms with Crippen LogP contribution in [0.3, 0.4) is 0 Å². The Balaban J connectivity index is 2.13. The summed E-state index contributed by atoms with van der Waals surface area (Å²) >= 11 is 0. The summed E-state index contributed by atoms with van der Waals surface area (Å²) in [5, 5.41) is 0. The number of aromatic nitrogens is 1. The summed E-state index contributed by atoms with van der Waals surface area (Å²) in [6.45, 7) is 4.69. The number of nitrogens with zero attached hydrogens (tertiary/aromatic N) is 1. The zero-order chi connectivity index (χ0) is 13.7. The Labute approximate surface area is 113 Å². The van der Waals surface area contributed by atoms with E-state index in [-0.39, 0.29) is 5.78 Å². The zero-order valence-corrected chi connectivity index (χ0v) is 11.2. The molecule has 1 aromatic carbocycles. The molecule has 0 N–H and O–H groups in total. The van der Waals surface area contributed by atoms with Gasteiger partial charge in [0, 0.05) is 11.8 Å². The minimum atomic E-state index is -0.0676. The Kier molecular flexibility index (Phi) is 4.29. The Bertz CT molecular complexity index is 544. The van der Waals surface area contributed by atoms with E-state index in [1.54, 1.807) is 24.4 Å². The van der Waals surface area contributed by atoms with Crippen LogP contribution in [0.2, 0.25) is 0 Å². The van der Waals surface area contributed by atoms with Crippen molar-refractivity contribution in [3.05, 3.63) is 59.4 Å². The molecule has 3 heteroatoms. The summed E-state index contributed by atoms with van der Waals surface area (Å²) in [5.74, 6) is 0.720. The molecule has 0 aliphatic heterocycles. The van der Waals surface area contributed by atoms with Gasteiger partial charge in [0.25, 0.3) is 0 Å². The first-order chi connectivity index (χ1) is 9.20. The van der Waals surface area contributed by atoms with E-state index in [2.05, 4.69) is 11.9 Å². The molecule has 0 amide bonds. The minimum absolute atomic E-state index is 0.0676. The Morgan fingerprint density at radius 3 is 2.47 bits per heavy atom. The quantitative estimate of drug-likeness (QED) is 0.768. The van der Waals surface area contributed by atoms with E-state index in [0.29, 0.717) is 17.9 Å². The highest BCUT2D eigenvalue weighted by atomic mass is 16.5. The molecule has 0 bridgehead atoms. The van der Waals surface area contributed by atoms with Crippen molar-refractivity contribution in [2.75, 3.05) is 6.61 Å². The van der Waals surface area contributed by atoms with Crippen molar-refractivity contribution in [3.8, 4) is 5.75 Å². The van der Waals surface area contributed by atoms with Gasteiger partial charge < -0.3 is 4.74 Å².